The van der Waals surface area contributed by atoms with Gasteiger partial charge in [-0.1, -0.05) is 137 Å². The first-order valence-corrected chi connectivity index (χ1v) is 21.2. The highest BCUT2D eigenvalue weighted by atomic mass is 16.5. The average molecular weight is 705 g/mol. The van der Waals surface area contributed by atoms with Gasteiger partial charge in [-0.2, -0.15) is 0 Å². The molecule has 286 valence electrons. The number of rotatable bonds is 21. The van der Waals surface area contributed by atoms with E-state index in [4.69, 9.17) is 9.47 Å². The summed E-state index contributed by atoms with van der Waals surface area (Å²) in [6, 6.07) is 7.79. The Morgan fingerprint density at radius 1 is 0.510 bits per heavy atom. The van der Waals surface area contributed by atoms with E-state index >= 15 is 0 Å². The molecule has 0 N–H and O–H groups in total. The molecule has 2 aromatic heterocycles. The van der Waals surface area contributed by atoms with E-state index in [1.165, 1.54) is 109 Å². The largest absolute Gasteiger partial charge is 0.425 e. The van der Waals surface area contributed by atoms with Gasteiger partial charge in [0, 0.05) is 24.2 Å². The molecule has 2 fully saturated rings. The van der Waals surface area contributed by atoms with Gasteiger partial charge < -0.3 is 9.47 Å². The van der Waals surface area contributed by atoms with Crippen molar-refractivity contribution in [1.82, 2.24) is 9.97 Å². The lowest BCUT2D eigenvalue weighted by molar-refractivity contribution is -0.135. The summed E-state index contributed by atoms with van der Waals surface area (Å²) in [6.45, 7) is 8.72. The summed E-state index contributed by atoms with van der Waals surface area (Å²) in [5, 5.41) is 0. The van der Waals surface area contributed by atoms with Gasteiger partial charge >= 0.3 is 11.9 Å². The third-order valence-electron chi connectivity index (χ3n) is 11.3. The summed E-state index contributed by atoms with van der Waals surface area (Å²) in [6.07, 6.45) is 33.7. The number of esters is 2. The van der Waals surface area contributed by atoms with Crippen LogP contribution in [0.4, 0.5) is 0 Å². The number of aromatic nitrogens is 2. The van der Waals surface area contributed by atoms with Crippen molar-refractivity contribution in [3.05, 3.63) is 48.0 Å². The molecule has 0 spiro atoms. The zero-order chi connectivity index (χ0) is 36.5. The van der Waals surface area contributed by atoms with Crippen LogP contribution in [0.3, 0.4) is 0 Å². The molecule has 0 amide bonds. The predicted octanol–water partition coefficient (Wildman–Crippen LogP) is 12.6. The zero-order valence-corrected chi connectivity index (χ0v) is 33.0. The number of aryl methyl sites for hydroxylation is 2. The molecule has 2 saturated carbocycles. The monoisotopic (exact) mass is 705 g/mol. The van der Waals surface area contributed by atoms with Gasteiger partial charge in [0.05, 0.1) is 12.4 Å². The smallest absolute Gasteiger partial charge is 0.311 e. The Balaban J connectivity index is 0.000000276. The summed E-state index contributed by atoms with van der Waals surface area (Å²) < 4.78 is 10.6. The van der Waals surface area contributed by atoms with Gasteiger partial charge in [0.15, 0.2) is 0 Å². The maximum absolute atomic E-state index is 11.6. The second kappa shape index (κ2) is 26.1. The highest BCUT2D eigenvalue weighted by molar-refractivity contribution is 5.72. The van der Waals surface area contributed by atoms with Crippen molar-refractivity contribution in [2.75, 3.05) is 0 Å². The van der Waals surface area contributed by atoms with Crippen LogP contribution in [-0.4, -0.2) is 21.9 Å². The number of hydrogen-bond donors (Lipinski definition) is 0. The first-order valence-electron chi connectivity index (χ1n) is 21.2. The van der Waals surface area contributed by atoms with E-state index in [0.29, 0.717) is 24.3 Å². The number of pyridine rings is 2. The van der Waals surface area contributed by atoms with Crippen molar-refractivity contribution >= 4 is 11.9 Å². The molecule has 0 aromatic carbocycles. The molecule has 0 atom stereocenters. The molecule has 0 aliphatic heterocycles. The van der Waals surface area contributed by atoms with Crippen LogP contribution in [0, 0.1) is 23.7 Å². The van der Waals surface area contributed by atoms with E-state index in [-0.39, 0.29) is 11.9 Å². The number of ether oxygens (including phenoxy) is 2. The molecule has 0 radical (unpaired) electrons. The van der Waals surface area contributed by atoms with Crippen LogP contribution >= 0.6 is 0 Å². The van der Waals surface area contributed by atoms with E-state index in [9.17, 15) is 9.59 Å². The maximum Gasteiger partial charge on any atom is 0.311 e. The lowest BCUT2D eigenvalue weighted by Gasteiger charge is -2.28. The lowest BCUT2D eigenvalue weighted by atomic mass is 9.78. The number of hydrogen-bond acceptors (Lipinski definition) is 6. The first kappa shape index (κ1) is 42.7. The van der Waals surface area contributed by atoms with E-state index in [1.807, 2.05) is 24.3 Å². The molecule has 0 bridgehead atoms. The quantitative estimate of drug-likeness (QED) is 0.0950. The van der Waals surface area contributed by atoms with Crippen molar-refractivity contribution in [3.8, 4) is 11.5 Å². The summed E-state index contributed by atoms with van der Waals surface area (Å²) in [5.41, 5.74) is 2.23. The molecule has 0 saturated heterocycles. The second-order valence-electron chi connectivity index (χ2n) is 15.6. The van der Waals surface area contributed by atoms with Gasteiger partial charge in [0.1, 0.15) is 11.5 Å². The minimum absolute atomic E-state index is 0.155. The van der Waals surface area contributed by atoms with Gasteiger partial charge in [-0.15, -0.1) is 0 Å². The van der Waals surface area contributed by atoms with Gasteiger partial charge in [0.2, 0.25) is 0 Å². The molecule has 2 heterocycles. The molecule has 2 aromatic rings. The Hall–Kier alpha value is -2.76. The van der Waals surface area contributed by atoms with Crippen molar-refractivity contribution in [2.24, 2.45) is 23.7 Å². The van der Waals surface area contributed by atoms with Crippen molar-refractivity contribution in [3.63, 3.8) is 0 Å². The van der Waals surface area contributed by atoms with Crippen LogP contribution in [0.1, 0.15) is 187 Å². The Morgan fingerprint density at radius 3 is 1.24 bits per heavy atom. The average Bonchev–Trinajstić information content (AvgIpc) is 3.16. The topological polar surface area (TPSA) is 78.4 Å². The standard InChI is InChI=1S/C23H37NO2.C22H35NO2/c1-3-5-7-8-19-10-12-20(13-11-19)14-15-21-16-17-22(18-24-21)26-23(25)9-6-4-2;1-3-5-7-18-9-11-19(12-10-18)13-14-20-15-16-21(17-23-20)25-22(24)8-6-4-2/h16-20H,3-15H2,1-2H3;15-19H,3-14H2,1-2H3/t19-,20-;18-,19-. The van der Waals surface area contributed by atoms with E-state index < -0.39 is 0 Å². The summed E-state index contributed by atoms with van der Waals surface area (Å²) in [4.78, 5) is 32.2. The predicted molar refractivity (Wildman–Crippen MR) is 210 cm³/mol. The van der Waals surface area contributed by atoms with E-state index in [0.717, 1.165) is 73.6 Å². The van der Waals surface area contributed by atoms with Crippen LogP contribution in [0.15, 0.2) is 36.7 Å². The number of nitrogens with zero attached hydrogens (tertiary/aromatic N) is 2. The molecule has 2 aliphatic rings. The molecule has 4 rings (SSSR count). The molecular weight excluding hydrogens is 633 g/mol. The molecule has 0 unspecified atom stereocenters. The van der Waals surface area contributed by atoms with Gasteiger partial charge in [-0.25, -0.2) is 0 Å². The van der Waals surface area contributed by atoms with Crippen molar-refractivity contribution < 1.29 is 19.1 Å². The van der Waals surface area contributed by atoms with Crippen molar-refractivity contribution in [1.29, 1.82) is 0 Å². The summed E-state index contributed by atoms with van der Waals surface area (Å²) in [7, 11) is 0. The first-order chi connectivity index (χ1) is 24.9. The van der Waals surface area contributed by atoms with E-state index in [2.05, 4.69) is 37.7 Å². The normalized spacial score (nSPS) is 20.2. The number of unbranched alkanes of at least 4 members (excludes halogenated alkanes) is 5. The SMILES string of the molecule is CCCCC(=O)Oc1ccc(CC[C@H]2CC[C@H](CCCC)CC2)nc1.CCCCC[C@H]1CC[C@H](CCc2ccc(OC(=O)CCCC)cn2)CC1. The van der Waals surface area contributed by atoms with Gasteiger partial charge in [-0.3, -0.25) is 19.6 Å². The Kier molecular flexibility index (Phi) is 21.8. The highest BCUT2D eigenvalue weighted by Gasteiger charge is 2.22. The third kappa shape index (κ3) is 18.5. The second-order valence-corrected chi connectivity index (χ2v) is 15.6. The molecule has 2 aliphatic carbocycles. The Labute approximate surface area is 311 Å². The van der Waals surface area contributed by atoms with Gasteiger partial charge in [-0.05, 0) is 86.5 Å². The molecule has 51 heavy (non-hydrogen) atoms. The summed E-state index contributed by atoms with van der Waals surface area (Å²) in [5.74, 6) is 4.53. The van der Waals surface area contributed by atoms with Crippen LogP contribution < -0.4 is 9.47 Å². The minimum Gasteiger partial charge on any atom is -0.425 e. The maximum atomic E-state index is 11.6. The van der Waals surface area contributed by atoms with Crippen LogP contribution in [0.25, 0.3) is 0 Å². The fourth-order valence-electron chi connectivity index (χ4n) is 7.74. The highest BCUT2D eigenvalue weighted by Crippen LogP contribution is 2.35. The summed E-state index contributed by atoms with van der Waals surface area (Å²) >= 11 is 0. The molecule has 6 nitrogen and oxygen atoms in total. The fraction of sp³-hybridized carbons (Fsp3) is 0.733. The van der Waals surface area contributed by atoms with Crippen LogP contribution in [0.5, 0.6) is 11.5 Å². The Bertz CT molecular complexity index is 1180. The van der Waals surface area contributed by atoms with Crippen molar-refractivity contribution in [2.45, 2.75) is 188 Å². The fourth-order valence-corrected chi connectivity index (χ4v) is 7.74. The van der Waals surface area contributed by atoms with E-state index in [1.54, 1.807) is 12.4 Å². The van der Waals surface area contributed by atoms with Crippen LogP contribution in [-0.2, 0) is 22.4 Å². The zero-order valence-electron chi connectivity index (χ0n) is 33.0. The molecular formula is C45H72N2O4. The third-order valence-corrected chi connectivity index (χ3v) is 11.3. The Morgan fingerprint density at radius 2 is 0.882 bits per heavy atom. The number of carbonyl (C=O) groups is 2. The van der Waals surface area contributed by atoms with Gasteiger partial charge in [0.25, 0.3) is 0 Å². The lowest BCUT2D eigenvalue weighted by Crippen LogP contribution is -2.15. The number of carbonyl (C=O) groups excluding carboxylic acids is 2. The van der Waals surface area contributed by atoms with Crippen LogP contribution in [0.2, 0.25) is 0 Å². The minimum atomic E-state index is -0.156. The molecule has 6 heteroatoms.